The van der Waals surface area contributed by atoms with Crippen LogP contribution in [0.5, 0.6) is 0 Å². The number of hydrogen-bond acceptors (Lipinski definition) is 3. The van der Waals surface area contributed by atoms with Gasteiger partial charge in [0.15, 0.2) is 0 Å². The molecular weight excluding hydrogens is 236 g/mol. The smallest absolute Gasteiger partial charge is 0.343 e. The van der Waals surface area contributed by atoms with Gasteiger partial charge in [0, 0.05) is 9.92 Å². The van der Waals surface area contributed by atoms with E-state index < -0.39 is 11.4 Å². The molecule has 0 saturated carbocycles. The van der Waals surface area contributed by atoms with Crippen LogP contribution in [0.15, 0.2) is 17.0 Å². The molecule has 0 bridgehead atoms. The normalized spacial score (nSPS) is 12.5. The SMILES string of the molecule is Cc1cc(SC(O)C(=O)O)c(C)cc1Cl. The molecule has 1 aromatic carbocycles. The molecule has 5 heteroatoms. The first-order valence-corrected chi connectivity index (χ1v) is 5.52. The van der Waals surface area contributed by atoms with E-state index in [1.165, 1.54) is 0 Å². The first-order chi connectivity index (χ1) is 6.91. The molecule has 0 aliphatic rings. The first-order valence-electron chi connectivity index (χ1n) is 4.26. The van der Waals surface area contributed by atoms with Crippen molar-refractivity contribution in [2.75, 3.05) is 0 Å². The molecule has 0 amide bonds. The molecule has 1 unspecified atom stereocenters. The lowest BCUT2D eigenvalue weighted by atomic mass is 10.2. The summed E-state index contributed by atoms with van der Waals surface area (Å²) in [6.07, 6.45) is 0. The monoisotopic (exact) mass is 246 g/mol. The van der Waals surface area contributed by atoms with Crippen molar-refractivity contribution in [3.8, 4) is 0 Å². The molecule has 0 radical (unpaired) electrons. The van der Waals surface area contributed by atoms with E-state index in [0.29, 0.717) is 5.02 Å². The minimum absolute atomic E-state index is 0.640. The highest BCUT2D eigenvalue weighted by molar-refractivity contribution is 8.00. The highest BCUT2D eigenvalue weighted by atomic mass is 35.5. The Balaban J connectivity index is 2.95. The summed E-state index contributed by atoms with van der Waals surface area (Å²) in [6.45, 7) is 3.65. The van der Waals surface area contributed by atoms with Gasteiger partial charge >= 0.3 is 5.97 Å². The summed E-state index contributed by atoms with van der Waals surface area (Å²) in [5.74, 6) is -1.24. The van der Waals surface area contributed by atoms with Gasteiger partial charge < -0.3 is 10.2 Å². The standard InChI is InChI=1S/C10H11ClO3S/c1-5-4-8(6(2)3-7(5)11)15-10(14)9(12)13/h3-4,10,14H,1-2H3,(H,12,13). The van der Waals surface area contributed by atoms with Gasteiger partial charge in [-0.1, -0.05) is 23.4 Å². The molecule has 0 aliphatic heterocycles. The number of rotatable bonds is 3. The van der Waals surface area contributed by atoms with Crippen LogP contribution in [-0.4, -0.2) is 21.6 Å². The van der Waals surface area contributed by atoms with Crippen LogP contribution in [0.25, 0.3) is 0 Å². The van der Waals surface area contributed by atoms with Crippen molar-refractivity contribution >= 4 is 29.3 Å². The molecule has 0 aliphatic carbocycles. The fourth-order valence-corrected chi connectivity index (χ4v) is 2.10. The van der Waals surface area contributed by atoms with Crippen molar-refractivity contribution in [1.29, 1.82) is 0 Å². The zero-order chi connectivity index (χ0) is 11.6. The first kappa shape index (κ1) is 12.4. The highest BCUT2D eigenvalue weighted by Crippen LogP contribution is 2.30. The van der Waals surface area contributed by atoms with Gasteiger partial charge in [-0.2, -0.15) is 0 Å². The van der Waals surface area contributed by atoms with E-state index in [-0.39, 0.29) is 0 Å². The van der Waals surface area contributed by atoms with Crippen LogP contribution in [0.1, 0.15) is 11.1 Å². The van der Waals surface area contributed by atoms with E-state index in [1.54, 1.807) is 12.1 Å². The molecule has 1 aromatic rings. The molecule has 2 N–H and O–H groups in total. The Hall–Kier alpha value is -0.710. The summed E-state index contributed by atoms with van der Waals surface area (Å²) in [5, 5.41) is 18.4. The summed E-state index contributed by atoms with van der Waals surface area (Å²) in [5.41, 5.74) is 0.280. The van der Waals surface area contributed by atoms with Crippen LogP contribution >= 0.6 is 23.4 Å². The molecule has 0 spiro atoms. The Kier molecular flexibility index (Phi) is 4.02. The van der Waals surface area contributed by atoms with Gasteiger partial charge in [-0.3, -0.25) is 0 Å². The Morgan fingerprint density at radius 1 is 1.40 bits per heavy atom. The molecule has 0 fully saturated rings. The topological polar surface area (TPSA) is 57.5 Å². The number of carboxylic acid groups (broad SMARTS) is 1. The van der Waals surface area contributed by atoms with Gasteiger partial charge in [0.2, 0.25) is 5.44 Å². The third-order valence-corrected chi connectivity index (χ3v) is 3.43. The van der Waals surface area contributed by atoms with Crippen LogP contribution in [0.3, 0.4) is 0 Å². The molecule has 1 atom stereocenters. The highest BCUT2D eigenvalue weighted by Gasteiger charge is 2.16. The van der Waals surface area contributed by atoms with Crippen LogP contribution < -0.4 is 0 Å². The molecule has 82 valence electrons. The minimum atomic E-state index is -1.44. The number of thioether (sulfide) groups is 1. The zero-order valence-corrected chi connectivity index (χ0v) is 9.89. The molecule has 1 rings (SSSR count). The van der Waals surface area contributed by atoms with Crippen molar-refractivity contribution in [2.45, 2.75) is 24.2 Å². The molecule has 3 nitrogen and oxygen atoms in total. The van der Waals surface area contributed by atoms with E-state index in [0.717, 1.165) is 27.8 Å². The fraction of sp³-hybridized carbons (Fsp3) is 0.300. The molecule has 0 saturated heterocycles. The second-order valence-corrected chi connectivity index (χ2v) is 4.70. The van der Waals surface area contributed by atoms with E-state index in [4.69, 9.17) is 16.7 Å². The number of benzene rings is 1. The van der Waals surface area contributed by atoms with Gasteiger partial charge in [0.05, 0.1) is 0 Å². The fourth-order valence-electron chi connectivity index (χ4n) is 1.05. The molecule has 0 heterocycles. The van der Waals surface area contributed by atoms with Gasteiger partial charge in [0.25, 0.3) is 0 Å². The van der Waals surface area contributed by atoms with Crippen molar-refractivity contribution in [3.05, 3.63) is 28.3 Å². The maximum atomic E-state index is 10.5. The number of aryl methyl sites for hydroxylation is 2. The lowest BCUT2D eigenvalue weighted by Crippen LogP contribution is -2.14. The lowest BCUT2D eigenvalue weighted by molar-refractivity contribution is -0.141. The lowest BCUT2D eigenvalue weighted by Gasteiger charge is -2.10. The summed E-state index contributed by atoms with van der Waals surface area (Å²) in [6, 6.07) is 3.53. The van der Waals surface area contributed by atoms with Crippen molar-refractivity contribution in [1.82, 2.24) is 0 Å². The summed E-state index contributed by atoms with van der Waals surface area (Å²) >= 11 is 6.80. The average molecular weight is 247 g/mol. The van der Waals surface area contributed by atoms with Gasteiger partial charge in [-0.25, -0.2) is 4.79 Å². The van der Waals surface area contributed by atoms with Crippen LogP contribution in [0, 0.1) is 13.8 Å². The summed E-state index contributed by atoms with van der Waals surface area (Å²) in [7, 11) is 0. The van der Waals surface area contributed by atoms with Crippen molar-refractivity contribution in [3.63, 3.8) is 0 Å². The predicted molar refractivity (Wildman–Crippen MR) is 60.4 cm³/mol. The second-order valence-electron chi connectivity index (χ2n) is 3.18. The van der Waals surface area contributed by atoms with Crippen LogP contribution in [0.4, 0.5) is 0 Å². The number of hydrogen-bond donors (Lipinski definition) is 2. The van der Waals surface area contributed by atoms with Gasteiger partial charge in [-0.05, 0) is 37.1 Å². The number of aliphatic carboxylic acids is 1. The van der Waals surface area contributed by atoms with Gasteiger partial charge in [-0.15, -0.1) is 0 Å². The molecule has 15 heavy (non-hydrogen) atoms. The Morgan fingerprint density at radius 2 is 2.00 bits per heavy atom. The number of carbonyl (C=O) groups is 1. The minimum Gasteiger partial charge on any atom is -0.479 e. The number of aliphatic hydroxyl groups is 1. The third kappa shape index (κ3) is 3.12. The average Bonchev–Trinajstić information content (AvgIpc) is 2.13. The third-order valence-electron chi connectivity index (χ3n) is 1.91. The quantitative estimate of drug-likeness (QED) is 0.635. The molecule has 0 aromatic heterocycles. The van der Waals surface area contributed by atoms with Gasteiger partial charge in [0.1, 0.15) is 0 Å². The van der Waals surface area contributed by atoms with E-state index in [9.17, 15) is 9.90 Å². The molecular formula is C10H11ClO3S. The predicted octanol–water partition coefficient (Wildman–Crippen LogP) is 2.45. The van der Waals surface area contributed by atoms with Crippen LogP contribution in [-0.2, 0) is 4.79 Å². The van der Waals surface area contributed by atoms with E-state index in [2.05, 4.69) is 0 Å². The Labute approximate surface area is 97.1 Å². The number of carboxylic acids is 1. The Bertz CT molecular complexity index is 392. The van der Waals surface area contributed by atoms with E-state index >= 15 is 0 Å². The van der Waals surface area contributed by atoms with E-state index in [1.807, 2.05) is 13.8 Å². The number of halogens is 1. The summed E-state index contributed by atoms with van der Waals surface area (Å²) in [4.78, 5) is 11.2. The van der Waals surface area contributed by atoms with Crippen molar-refractivity contribution < 1.29 is 15.0 Å². The maximum Gasteiger partial charge on any atom is 0.343 e. The summed E-state index contributed by atoms with van der Waals surface area (Å²) < 4.78 is 0. The van der Waals surface area contributed by atoms with Crippen LogP contribution in [0.2, 0.25) is 5.02 Å². The Morgan fingerprint density at radius 3 is 2.53 bits per heavy atom. The maximum absolute atomic E-state index is 10.5. The largest absolute Gasteiger partial charge is 0.479 e. The number of aliphatic hydroxyl groups excluding tert-OH is 1. The second kappa shape index (κ2) is 4.88. The zero-order valence-electron chi connectivity index (χ0n) is 8.32. The van der Waals surface area contributed by atoms with Crippen molar-refractivity contribution in [2.24, 2.45) is 0 Å².